The Bertz CT molecular complexity index is 428. The van der Waals surface area contributed by atoms with Crippen LogP contribution in [0.25, 0.3) is 0 Å². The molecule has 0 aromatic carbocycles. The van der Waals surface area contributed by atoms with E-state index in [9.17, 15) is 9.59 Å². The maximum absolute atomic E-state index is 11.4. The number of nitrogens with one attached hydrogen (secondary N) is 2. The molecule has 0 unspecified atom stereocenters. The van der Waals surface area contributed by atoms with E-state index in [2.05, 4.69) is 15.8 Å². The molecule has 1 heterocycles. The molecule has 0 aliphatic rings. The van der Waals surface area contributed by atoms with E-state index in [1.165, 1.54) is 6.07 Å². The smallest absolute Gasteiger partial charge is 0.358 e. The van der Waals surface area contributed by atoms with Crippen molar-refractivity contribution in [1.29, 1.82) is 0 Å². The monoisotopic (exact) mass is 269 g/mol. The van der Waals surface area contributed by atoms with Crippen LogP contribution in [0.4, 0.5) is 0 Å². The van der Waals surface area contributed by atoms with E-state index in [1.54, 1.807) is 0 Å². The van der Waals surface area contributed by atoms with Gasteiger partial charge in [0.15, 0.2) is 11.5 Å². The number of aromatic carboxylic acids is 1. The zero-order valence-corrected chi connectivity index (χ0v) is 11.1. The van der Waals surface area contributed by atoms with Crippen molar-refractivity contribution in [3.05, 3.63) is 17.5 Å². The molecule has 0 radical (unpaired) electrons. The number of rotatable bonds is 8. The van der Waals surface area contributed by atoms with Crippen molar-refractivity contribution in [3.8, 4) is 0 Å². The fraction of sp³-hybridized carbons (Fsp3) is 0.583. The van der Waals surface area contributed by atoms with Gasteiger partial charge in [-0.1, -0.05) is 19.0 Å². The summed E-state index contributed by atoms with van der Waals surface area (Å²) in [7, 11) is 0. The average molecular weight is 269 g/mol. The number of amides is 1. The lowest BCUT2D eigenvalue weighted by Gasteiger charge is -2.07. The van der Waals surface area contributed by atoms with Crippen molar-refractivity contribution >= 4 is 11.9 Å². The van der Waals surface area contributed by atoms with Gasteiger partial charge in [0.1, 0.15) is 0 Å². The fourth-order valence-corrected chi connectivity index (χ4v) is 1.32. The molecular formula is C12H19N3O4. The lowest BCUT2D eigenvalue weighted by Crippen LogP contribution is -2.30. The van der Waals surface area contributed by atoms with Crippen LogP contribution in [0.5, 0.6) is 0 Å². The number of carbonyl (C=O) groups is 2. The number of hydrogen-bond acceptors (Lipinski definition) is 5. The van der Waals surface area contributed by atoms with Crippen LogP contribution in [0.3, 0.4) is 0 Å². The summed E-state index contributed by atoms with van der Waals surface area (Å²) in [6.07, 6.45) is 0.368. The first-order chi connectivity index (χ1) is 8.99. The molecule has 0 bridgehead atoms. The van der Waals surface area contributed by atoms with E-state index in [-0.39, 0.29) is 11.6 Å². The predicted molar refractivity (Wildman–Crippen MR) is 67.6 cm³/mol. The van der Waals surface area contributed by atoms with Gasteiger partial charge in [0, 0.05) is 25.6 Å². The summed E-state index contributed by atoms with van der Waals surface area (Å²) in [6, 6.07) is 1.36. The van der Waals surface area contributed by atoms with Crippen molar-refractivity contribution < 1.29 is 19.2 Å². The standard InChI is InChI=1S/C12H19N3O4/c1-8(2)6-14-11(16)3-4-13-7-9-5-10(12(17)18)15-19-9/h5,8,13H,3-4,6-7H2,1-2H3,(H,14,16)(H,17,18). The maximum Gasteiger partial charge on any atom is 0.358 e. The van der Waals surface area contributed by atoms with Crippen LogP contribution in [0.2, 0.25) is 0 Å². The minimum Gasteiger partial charge on any atom is -0.476 e. The lowest BCUT2D eigenvalue weighted by atomic mass is 10.2. The molecule has 0 fully saturated rings. The van der Waals surface area contributed by atoms with Crippen molar-refractivity contribution in [2.45, 2.75) is 26.8 Å². The number of carbonyl (C=O) groups excluding carboxylic acids is 1. The summed E-state index contributed by atoms with van der Waals surface area (Å²) in [5, 5.41) is 17.8. The predicted octanol–water partition coefficient (Wildman–Crippen LogP) is 0.625. The number of hydrogen-bond donors (Lipinski definition) is 3. The summed E-state index contributed by atoms with van der Waals surface area (Å²) in [5.41, 5.74) is -0.119. The number of carboxylic acids is 1. The molecule has 106 valence electrons. The molecule has 1 aromatic heterocycles. The fourth-order valence-electron chi connectivity index (χ4n) is 1.32. The summed E-state index contributed by atoms with van der Waals surface area (Å²) < 4.78 is 4.82. The van der Waals surface area contributed by atoms with E-state index < -0.39 is 5.97 Å². The minimum atomic E-state index is -1.12. The van der Waals surface area contributed by atoms with E-state index in [0.717, 1.165) is 0 Å². The Morgan fingerprint density at radius 2 is 2.21 bits per heavy atom. The Morgan fingerprint density at radius 3 is 2.79 bits per heavy atom. The molecule has 19 heavy (non-hydrogen) atoms. The van der Waals surface area contributed by atoms with Gasteiger partial charge >= 0.3 is 5.97 Å². The molecule has 0 spiro atoms. The van der Waals surface area contributed by atoms with Gasteiger partial charge < -0.3 is 20.3 Å². The third-order valence-electron chi connectivity index (χ3n) is 2.31. The highest BCUT2D eigenvalue weighted by Crippen LogP contribution is 2.02. The number of nitrogens with zero attached hydrogens (tertiary/aromatic N) is 1. The number of carboxylic acid groups (broad SMARTS) is 1. The molecule has 1 rings (SSSR count). The Labute approximate surface area is 111 Å². The molecule has 1 aromatic rings. The van der Waals surface area contributed by atoms with Crippen LogP contribution in [-0.2, 0) is 11.3 Å². The normalized spacial score (nSPS) is 10.7. The van der Waals surface area contributed by atoms with E-state index in [1.807, 2.05) is 13.8 Å². The van der Waals surface area contributed by atoms with Crippen LogP contribution in [0.15, 0.2) is 10.6 Å². The highest BCUT2D eigenvalue weighted by Gasteiger charge is 2.10. The largest absolute Gasteiger partial charge is 0.476 e. The average Bonchev–Trinajstić information content (AvgIpc) is 2.81. The third kappa shape index (κ3) is 6.01. The van der Waals surface area contributed by atoms with Crippen LogP contribution in [-0.4, -0.2) is 35.2 Å². The van der Waals surface area contributed by atoms with Gasteiger partial charge in [-0.05, 0) is 5.92 Å². The molecule has 1 amide bonds. The van der Waals surface area contributed by atoms with Crippen LogP contribution >= 0.6 is 0 Å². The van der Waals surface area contributed by atoms with Crippen molar-refractivity contribution in [2.24, 2.45) is 5.92 Å². The minimum absolute atomic E-state index is 0.00926. The lowest BCUT2D eigenvalue weighted by molar-refractivity contribution is -0.121. The quantitative estimate of drug-likeness (QED) is 0.598. The second-order valence-electron chi connectivity index (χ2n) is 4.61. The van der Waals surface area contributed by atoms with Gasteiger partial charge in [-0.2, -0.15) is 0 Å². The zero-order valence-electron chi connectivity index (χ0n) is 11.1. The molecule has 0 saturated heterocycles. The molecule has 7 heteroatoms. The van der Waals surface area contributed by atoms with Crippen LogP contribution in [0, 0.1) is 5.92 Å². The first kappa shape index (κ1) is 15.2. The van der Waals surface area contributed by atoms with Crippen molar-refractivity contribution in [2.75, 3.05) is 13.1 Å². The van der Waals surface area contributed by atoms with Gasteiger partial charge in [0.05, 0.1) is 6.54 Å². The van der Waals surface area contributed by atoms with Gasteiger partial charge in [-0.3, -0.25) is 4.79 Å². The Balaban J connectivity index is 2.16. The maximum atomic E-state index is 11.4. The van der Waals surface area contributed by atoms with Crippen LogP contribution in [0.1, 0.15) is 36.5 Å². The molecule has 0 saturated carbocycles. The first-order valence-corrected chi connectivity index (χ1v) is 6.15. The van der Waals surface area contributed by atoms with Crippen molar-refractivity contribution in [1.82, 2.24) is 15.8 Å². The SMILES string of the molecule is CC(C)CNC(=O)CCNCc1cc(C(=O)O)no1. The second kappa shape index (κ2) is 7.52. The Hall–Kier alpha value is -1.89. The Kier molecular flexibility index (Phi) is 6.01. The van der Waals surface area contributed by atoms with E-state index in [4.69, 9.17) is 9.63 Å². The van der Waals surface area contributed by atoms with Gasteiger partial charge in [-0.25, -0.2) is 4.79 Å². The van der Waals surface area contributed by atoms with Gasteiger partial charge in [-0.15, -0.1) is 0 Å². The molecular weight excluding hydrogens is 250 g/mol. The summed E-state index contributed by atoms with van der Waals surface area (Å²) in [6.45, 7) is 5.57. The summed E-state index contributed by atoms with van der Waals surface area (Å²) in [5.74, 6) is -0.270. The second-order valence-corrected chi connectivity index (χ2v) is 4.61. The highest BCUT2D eigenvalue weighted by molar-refractivity contribution is 5.85. The highest BCUT2D eigenvalue weighted by atomic mass is 16.5. The first-order valence-electron chi connectivity index (χ1n) is 6.15. The molecule has 7 nitrogen and oxygen atoms in total. The Morgan fingerprint density at radius 1 is 1.47 bits per heavy atom. The molecule has 0 atom stereocenters. The summed E-state index contributed by atoms with van der Waals surface area (Å²) >= 11 is 0. The van der Waals surface area contributed by atoms with E-state index >= 15 is 0 Å². The van der Waals surface area contributed by atoms with Gasteiger partial charge in [0.25, 0.3) is 0 Å². The van der Waals surface area contributed by atoms with Crippen molar-refractivity contribution in [3.63, 3.8) is 0 Å². The van der Waals surface area contributed by atoms with Gasteiger partial charge in [0.2, 0.25) is 5.91 Å². The molecule has 0 aliphatic carbocycles. The molecule has 3 N–H and O–H groups in total. The topological polar surface area (TPSA) is 104 Å². The van der Waals surface area contributed by atoms with Crippen LogP contribution < -0.4 is 10.6 Å². The zero-order chi connectivity index (χ0) is 14.3. The number of aromatic nitrogens is 1. The summed E-state index contributed by atoms with van der Waals surface area (Å²) in [4.78, 5) is 22.0. The van der Waals surface area contributed by atoms with E-state index in [0.29, 0.717) is 37.7 Å². The third-order valence-corrected chi connectivity index (χ3v) is 2.31. The molecule has 0 aliphatic heterocycles.